The maximum absolute atomic E-state index is 10.0. The van der Waals surface area contributed by atoms with E-state index in [1.54, 1.807) is 0 Å². The zero-order valence-corrected chi connectivity index (χ0v) is 5.91. The molecule has 0 saturated heterocycles. The van der Waals surface area contributed by atoms with Crippen LogP contribution >= 0.6 is 23.7 Å². The molecule has 1 aromatic rings. The second-order valence-electron chi connectivity index (χ2n) is 1.18. The molecular weight excluding hydrogens is 162 g/mol. The Morgan fingerprint density at radius 1 is 1.78 bits per heavy atom. The summed E-state index contributed by atoms with van der Waals surface area (Å²) in [6, 6.07) is 0. The molecule has 0 aliphatic rings. The Morgan fingerprint density at radius 2 is 2.44 bits per heavy atom. The summed E-state index contributed by atoms with van der Waals surface area (Å²) in [5.74, 6) is -0.966. The number of carboxylic acid groups (broad SMARTS) is 1. The van der Waals surface area contributed by atoms with Gasteiger partial charge in [-0.25, -0.2) is 9.78 Å². The zero-order valence-electron chi connectivity index (χ0n) is 4.27. The molecule has 0 fully saturated rings. The molecule has 1 rings (SSSR count). The first-order valence-electron chi connectivity index (χ1n) is 1.92. The van der Waals surface area contributed by atoms with Gasteiger partial charge in [0.2, 0.25) is 0 Å². The first-order valence-corrected chi connectivity index (χ1v) is 2.86. The number of rotatable bonds is 1. The Labute approximate surface area is 61.8 Å². The van der Waals surface area contributed by atoms with Gasteiger partial charge in [-0.3, -0.25) is 0 Å². The van der Waals surface area contributed by atoms with E-state index in [0.717, 1.165) is 0 Å². The molecule has 50 valence electrons. The molecule has 9 heavy (non-hydrogen) atoms. The van der Waals surface area contributed by atoms with Crippen molar-refractivity contribution in [2.45, 2.75) is 0 Å². The Balaban J connectivity index is 0.000000640. The van der Waals surface area contributed by atoms with Crippen LogP contribution in [0.1, 0.15) is 10.5 Å². The molecule has 1 heterocycles. The molecule has 0 bridgehead atoms. The summed E-state index contributed by atoms with van der Waals surface area (Å²) in [7, 11) is 0. The number of carboxylic acids is 1. The van der Waals surface area contributed by atoms with Crippen molar-refractivity contribution in [2.75, 3.05) is 0 Å². The molecular formula is C4H4ClNO2S. The second kappa shape index (κ2) is 3.42. The minimum absolute atomic E-state index is 0. The van der Waals surface area contributed by atoms with E-state index in [1.165, 1.54) is 22.2 Å². The van der Waals surface area contributed by atoms with E-state index in [0.29, 0.717) is 0 Å². The molecule has 3 nitrogen and oxygen atoms in total. The molecule has 1 N–H and O–H groups in total. The van der Waals surface area contributed by atoms with Crippen molar-refractivity contribution in [3.63, 3.8) is 0 Å². The average Bonchev–Trinajstić information content (AvgIpc) is 2.12. The maximum Gasteiger partial charge on any atom is 0.355 e. The van der Waals surface area contributed by atoms with E-state index in [4.69, 9.17) is 5.11 Å². The van der Waals surface area contributed by atoms with Crippen LogP contribution in [0.4, 0.5) is 0 Å². The number of halogens is 1. The lowest BCUT2D eigenvalue weighted by molar-refractivity contribution is 0.0691. The third kappa shape index (κ3) is 1.99. The fourth-order valence-corrected chi connectivity index (χ4v) is 0.844. The molecule has 0 atom stereocenters. The molecule has 0 aliphatic carbocycles. The molecule has 0 aromatic carbocycles. The largest absolute Gasteiger partial charge is 0.476 e. The van der Waals surface area contributed by atoms with Crippen LogP contribution in [0.15, 0.2) is 10.9 Å². The van der Waals surface area contributed by atoms with Crippen molar-refractivity contribution in [3.8, 4) is 0 Å². The predicted molar refractivity (Wildman–Crippen MR) is 36.3 cm³/mol. The van der Waals surface area contributed by atoms with Crippen molar-refractivity contribution < 1.29 is 9.90 Å². The number of hydrogen-bond donors (Lipinski definition) is 1. The molecule has 1 aromatic heterocycles. The average molecular weight is 166 g/mol. The smallest absolute Gasteiger partial charge is 0.355 e. The summed E-state index contributed by atoms with van der Waals surface area (Å²) in [4.78, 5) is 13.5. The molecule has 5 heteroatoms. The lowest BCUT2D eigenvalue weighted by Gasteiger charge is -1.77. The third-order valence-electron chi connectivity index (χ3n) is 0.651. The molecule has 0 unspecified atom stereocenters. The fraction of sp³-hybridized carbons (Fsp3) is 0. The molecule has 0 amide bonds. The first-order chi connectivity index (χ1) is 3.80. The topological polar surface area (TPSA) is 50.2 Å². The van der Waals surface area contributed by atoms with Crippen molar-refractivity contribution >= 4 is 29.7 Å². The van der Waals surface area contributed by atoms with Gasteiger partial charge in [-0.1, -0.05) is 0 Å². The van der Waals surface area contributed by atoms with Gasteiger partial charge in [-0.15, -0.1) is 23.7 Å². The molecule has 0 spiro atoms. The highest BCUT2D eigenvalue weighted by Gasteiger charge is 2.00. The van der Waals surface area contributed by atoms with E-state index >= 15 is 0 Å². The van der Waals surface area contributed by atoms with Crippen LogP contribution in [0.3, 0.4) is 0 Å². The van der Waals surface area contributed by atoms with E-state index in [-0.39, 0.29) is 18.1 Å². The maximum atomic E-state index is 10.0. The van der Waals surface area contributed by atoms with Gasteiger partial charge in [-0.2, -0.15) is 0 Å². The zero-order chi connectivity index (χ0) is 5.98. The minimum Gasteiger partial charge on any atom is -0.476 e. The normalized spacial score (nSPS) is 8.00. The van der Waals surface area contributed by atoms with Gasteiger partial charge >= 0.3 is 5.97 Å². The van der Waals surface area contributed by atoms with Gasteiger partial charge in [0.25, 0.3) is 0 Å². The van der Waals surface area contributed by atoms with Crippen LogP contribution in [0.2, 0.25) is 0 Å². The number of thiazole rings is 1. The Kier molecular flexibility index (Phi) is 3.19. The fourth-order valence-electron chi connectivity index (χ4n) is 0.318. The Morgan fingerprint density at radius 3 is 2.67 bits per heavy atom. The summed E-state index contributed by atoms with van der Waals surface area (Å²) >= 11 is 1.28. The van der Waals surface area contributed by atoms with E-state index < -0.39 is 5.97 Å². The quantitative estimate of drug-likeness (QED) is 0.682. The van der Waals surface area contributed by atoms with Crippen LogP contribution in [-0.2, 0) is 0 Å². The summed E-state index contributed by atoms with van der Waals surface area (Å²) in [5.41, 5.74) is 1.61. The molecule has 0 saturated carbocycles. The van der Waals surface area contributed by atoms with Crippen molar-refractivity contribution in [1.29, 1.82) is 0 Å². The molecule has 0 aliphatic heterocycles. The SMILES string of the molecule is Cl.O=C(O)c1cscn1. The summed E-state index contributed by atoms with van der Waals surface area (Å²) in [5, 5.41) is 9.71. The second-order valence-corrected chi connectivity index (χ2v) is 1.90. The predicted octanol–water partition coefficient (Wildman–Crippen LogP) is 1.26. The summed E-state index contributed by atoms with van der Waals surface area (Å²) in [6.45, 7) is 0. The Hall–Kier alpha value is -0.610. The van der Waals surface area contributed by atoms with Crippen LogP contribution < -0.4 is 0 Å². The number of hydrogen-bond acceptors (Lipinski definition) is 3. The third-order valence-corrected chi connectivity index (χ3v) is 1.24. The van der Waals surface area contributed by atoms with E-state index in [2.05, 4.69) is 4.98 Å². The first kappa shape index (κ1) is 8.39. The van der Waals surface area contributed by atoms with Gasteiger partial charge < -0.3 is 5.11 Å². The van der Waals surface area contributed by atoms with Crippen LogP contribution in [0, 0.1) is 0 Å². The monoisotopic (exact) mass is 165 g/mol. The number of nitrogens with zero attached hydrogens (tertiary/aromatic N) is 1. The van der Waals surface area contributed by atoms with E-state index in [9.17, 15) is 4.79 Å². The number of aromatic carboxylic acids is 1. The summed E-state index contributed by atoms with van der Waals surface area (Å²) < 4.78 is 0. The molecule has 0 radical (unpaired) electrons. The summed E-state index contributed by atoms with van der Waals surface area (Å²) in [6.07, 6.45) is 0. The van der Waals surface area contributed by atoms with Gasteiger partial charge in [0.05, 0.1) is 5.51 Å². The number of aromatic nitrogens is 1. The number of carbonyl (C=O) groups is 1. The van der Waals surface area contributed by atoms with Gasteiger partial charge in [0.15, 0.2) is 5.69 Å². The standard InChI is InChI=1S/C4H3NO2S.ClH/c6-4(7)3-1-8-2-5-3;/h1-2H,(H,6,7);1H. The minimum atomic E-state index is -0.966. The Bertz CT molecular complexity index is 186. The van der Waals surface area contributed by atoms with Crippen LogP contribution in [0.25, 0.3) is 0 Å². The van der Waals surface area contributed by atoms with Gasteiger partial charge in [0.1, 0.15) is 0 Å². The van der Waals surface area contributed by atoms with Crippen LogP contribution in [0.5, 0.6) is 0 Å². The van der Waals surface area contributed by atoms with Crippen molar-refractivity contribution in [3.05, 3.63) is 16.6 Å². The van der Waals surface area contributed by atoms with Gasteiger partial charge in [-0.05, 0) is 0 Å². The van der Waals surface area contributed by atoms with Crippen molar-refractivity contribution in [2.24, 2.45) is 0 Å². The highest BCUT2D eigenvalue weighted by Crippen LogP contribution is 1.98. The van der Waals surface area contributed by atoms with Gasteiger partial charge in [0, 0.05) is 5.38 Å². The van der Waals surface area contributed by atoms with Crippen molar-refractivity contribution in [1.82, 2.24) is 4.98 Å². The van der Waals surface area contributed by atoms with Crippen LogP contribution in [-0.4, -0.2) is 16.1 Å². The highest BCUT2D eigenvalue weighted by molar-refractivity contribution is 7.07. The lowest BCUT2D eigenvalue weighted by Crippen LogP contribution is -1.94. The van der Waals surface area contributed by atoms with E-state index in [1.807, 2.05) is 0 Å². The highest BCUT2D eigenvalue weighted by atomic mass is 35.5. The lowest BCUT2D eigenvalue weighted by atomic mass is 10.5.